The van der Waals surface area contributed by atoms with Crippen LogP contribution in [0.1, 0.15) is 0 Å². The number of aliphatic hydroxyl groups excluding tert-OH is 2. The van der Waals surface area contributed by atoms with Crippen molar-refractivity contribution in [3.8, 4) is 0 Å². The molecule has 0 aromatic carbocycles. The summed E-state index contributed by atoms with van der Waals surface area (Å²) in [6.07, 6.45) is 0. The zero-order chi connectivity index (χ0) is 7.49. The van der Waals surface area contributed by atoms with Crippen LogP contribution in [0.2, 0.25) is 0 Å². The number of nitro groups is 1. The van der Waals surface area contributed by atoms with Gasteiger partial charge in [-0.1, -0.05) is 0 Å². The molecule has 0 aliphatic heterocycles. The van der Waals surface area contributed by atoms with Crippen molar-refractivity contribution in [2.45, 2.75) is 3.55 Å². The largest absolute Gasteiger partial charge is 0.388 e. The van der Waals surface area contributed by atoms with Gasteiger partial charge >= 0.3 is 3.55 Å². The molecule has 5 nitrogen and oxygen atoms in total. The van der Waals surface area contributed by atoms with Gasteiger partial charge in [-0.2, -0.15) is 0 Å². The second-order valence-electron chi connectivity index (χ2n) is 1.49. The molecule has 0 rings (SSSR count). The Hall–Kier alpha value is 0.0500. The third kappa shape index (κ3) is 2.03. The van der Waals surface area contributed by atoms with Crippen molar-refractivity contribution in [3.05, 3.63) is 10.1 Å². The molecule has 0 saturated heterocycles. The predicted octanol–water partition coefficient (Wildman–Crippen LogP) is -0.621. The second kappa shape index (κ2) is 3.28. The molecule has 0 amide bonds. The minimum absolute atomic E-state index is 0.656. The molecule has 54 valence electrons. The fourth-order valence-corrected chi connectivity index (χ4v) is 0.165. The number of rotatable bonds is 3. The van der Waals surface area contributed by atoms with E-state index in [9.17, 15) is 10.1 Å². The normalized spacial score (nSPS) is 11.4. The van der Waals surface area contributed by atoms with Crippen molar-refractivity contribution in [2.24, 2.45) is 0 Å². The molecule has 9 heavy (non-hydrogen) atoms. The lowest BCUT2D eigenvalue weighted by Crippen LogP contribution is -2.38. The maximum atomic E-state index is 9.96. The van der Waals surface area contributed by atoms with Gasteiger partial charge in [0.25, 0.3) is 0 Å². The Bertz CT molecular complexity index is 112. The van der Waals surface area contributed by atoms with E-state index in [2.05, 4.69) is 0 Å². The Labute approximate surface area is 65.0 Å². The summed E-state index contributed by atoms with van der Waals surface area (Å²) in [7, 11) is 0. The first kappa shape index (κ1) is 9.05. The molecule has 0 fully saturated rings. The predicted molar refractivity (Wildman–Crippen MR) is 37.9 cm³/mol. The maximum absolute atomic E-state index is 9.96. The Balaban J connectivity index is 4.09. The third-order valence-corrected chi connectivity index (χ3v) is 1.89. The van der Waals surface area contributed by atoms with Gasteiger partial charge in [0.2, 0.25) is 0 Å². The van der Waals surface area contributed by atoms with Gasteiger partial charge in [-0.05, 0) is 0 Å². The van der Waals surface area contributed by atoms with Crippen LogP contribution in [-0.4, -0.2) is 31.9 Å². The molecule has 0 aromatic rings. The summed E-state index contributed by atoms with van der Waals surface area (Å²) in [6.45, 7) is -1.31. The van der Waals surface area contributed by atoms with E-state index in [-0.39, 0.29) is 0 Å². The molecule has 0 bridgehead atoms. The maximum Gasteiger partial charge on any atom is 0.314 e. The Morgan fingerprint density at radius 3 is 1.89 bits per heavy atom. The lowest BCUT2D eigenvalue weighted by molar-refractivity contribution is -0.537. The average Bonchev–Trinajstić information content (AvgIpc) is 1.86. The van der Waals surface area contributed by atoms with Gasteiger partial charge in [-0.25, -0.2) is 0 Å². The van der Waals surface area contributed by atoms with E-state index >= 15 is 0 Å². The molecule has 0 spiro atoms. The van der Waals surface area contributed by atoms with Gasteiger partial charge in [0.1, 0.15) is 13.2 Å². The summed E-state index contributed by atoms with van der Waals surface area (Å²) in [5, 5.41) is 26.7. The van der Waals surface area contributed by atoms with Crippen molar-refractivity contribution in [1.29, 1.82) is 0 Å². The van der Waals surface area contributed by atoms with E-state index in [1.165, 1.54) is 22.6 Å². The molecule has 0 unspecified atom stereocenters. The number of aliphatic hydroxyl groups is 2. The minimum atomic E-state index is -1.61. The molecule has 0 aliphatic carbocycles. The van der Waals surface area contributed by atoms with Crippen LogP contribution in [0.15, 0.2) is 0 Å². The highest BCUT2D eigenvalue weighted by Crippen LogP contribution is 2.16. The van der Waals surface area contributed by atoms with E-state index in [1.54, 1.807) is 0 Å². The SMILES string of the molecule is O=[N+]([O-])C(I)(CO)CO. The van der Waals surface area contributed by atoms with Crippen molar-refractivity contribution in [2.75, 3.05) is 13.2 Å². The summed E-state index contributed by atoms with van der Waals surface area (Å²) in [4.78, 5) is 9.25. The van der Waals surface area contributed by atoms with E-state index in [0.717, 1.165) is 0 Å². The molecule has 0 heterocycles. The van der Waals surface area contributed by atoms with E-state index in [0.29, 0.717) is 0 Å². The Morgan fingerprint density at radius 1 is 1.56 bits per heavy atom. The first-order chi connectivity index (χ1) is 4.06. The highest BCUT2D eigenvalue weighted by atomic mass is 127. The lowest BCUT2D eigenvalue weighted by Gasteiger charge is -2.11. The zero-order valence-corrected chi connectivity index (χ0v) is 6.61. The molecule has 0 atom stereocenters. The number of hydrogen-bond acceptors (Lipinski definition) is 4. The standard InChI is InChI=1S/C3H6INO4/c4-3(1-6,2-7)5(8)9/h6-7H,1-2H2. The fourth-order valence-electron chi connectivity index (χ4n) is 0.165. The topological polar surface area (TPSA) is 83.6 Å². The molecular formula is C3H6INO4. The van der Waals surface area contributed by atoms with Crippen LogP contribution in [0.25, 0.3) is 0 Å². The highest BCUT2D eigenvalue weighted by Gasteiger charge is 2.37. The van der Waals surface area contributed by atoms with Gasteiger partial charge in [0.05, 0.1) is 0 Å². The van der Waals surface area contributed by atoms with Crippen LogP contribution in [0, 0.1) is 10.1 Å². The quantitative estimate of drug-likeness (QED) is 0.229. The number of hydrogen-bond donors (Lipinski definition) is 2. The summed E-state index contributed by atoms with van der Waals surface area (Å²) in [5.41, 5.74) is 0. The monoisotopic (exact) mass is 247 g/mol. The van der Waals surface area contributed by atoms with Gasteiger partial charge < -0.3 is 10.2 Å². The van der Waals surface area contributed by atoms with Gasteiger partial charge in [0.15, 0.2) is 0 Å². The summed E-state index contributed by atoms with van der Waals surface area (Å²) in [5.74, 6) is 0. The third-order valence-electron chi connectivity index (χ3n) is 0.812. The Morgan fingerprint density at radius 2 is 1.89 bits per heavy atom. The van der Waals surface area contributed by atoms with Gasteiger partial charge in [0, 0.05) is 27.5 Å². The van der Waals surface area contributed by atoms with Crippen LogP contribution in [0.5, 0.6) is 0 Å². The lowest BCUT2D eigenvalue weighted by atomic mass is 10.4. The molecule has 0 saturated carbocycles. The van der Waals surface area contributed by atoms with E-state index < -0.39 is 21.7 Å². The second-order valence-corrected chi connectivity index (χ2v) is 3.50. The molecule has 0 aliphatic rings. The van der Waals surface area contributed by atoms with Crippen LogP contribution in [0.3, 0.4) is 0 Å². The first-order valence-corrected chi connectivity index (χ1v) is 3.20. The van der Waals surface area contributed by atoms with Crippen LogP contribution < -0.4 is 0 Å². The first-order valence-electron chi connectivity index (χ1n) is 2.12. The van der Waals surface area contributed by atoms with Crippen molar-refractivity contribution in [1.82, 2.24) is 0 Å². The van der Waals surface area contributed by atoms with Crippen molar-refractivity contribution >= 4 is 22.6 Å². The van der Waals surface area contributed by atoms with Gasteiger partial charge in [-0.3, -0.25) is 10.1 Å². The van der Waals surface area contributed by atoms with Crippen LogP contribution in [-0.2, 0) is 0 Å². The van der Waals surface area contributed by atoms with Crippen molar-refractivity contribution in [3.63, 3.8) is 0 Å². The summed E-state index contributed by atoms with van der Waals surface area (Å²) >= 11 is 1.39. The molecular weight excluding hydrogens is 241 g/mol. The van der Waals surface area contributed by atoms with E-state index in [4.69, 9.17) is 10.2 Å². The van der Waals surface area contributed by atoms with Crippen LogP contribution in [0.4, 0.5) is 0 Å². The fraction of sp³-hybridized carbons (Fsp3) is 1.00. The van der Waals surface area contributed by atoms with Crippen LogP contribution >= 0.6 is 22.6 Å². The highest BCUT2D eigenvalue weighted by molar-refractivity contribution is 14.1. The minimum Gasteiger partial charge on any atom is -0.388 e. The molecule has 2 N–H and O–H groups in total. The summed E-state index contributed by atoms with van der Waals surface area (Å²) in [6, 6.07) is 0. The smallest absolute Gasteiger partial charge is 0.314 e. The molecule has 0 radical (unpaired) electrons. The number of halogens is 1. The van der Waals surface area contributed by atoms with Gasteiger partial charge in [-0.15, -0.1) is 0 Å². The molecule has 0 aromatic heterocycles. The Kier molecular flexibility index (Phi) is 3.30. The number of nitrogens with zero attached hydrogens (tertiary/aromatic N) is 1. The average molecular weight is 247 g/mol. The molecule has 6 heteroatoms. The summed E-state index contributed by atoms with van der Waals surface area (Å²) < 4.78 is -1.61. The van der Waals surface area contributed by atoms with E-state index in [1.807, 2.05) is 0 Å². The zero-order valence-electron chi connectivity index (χ0n) is 4.45. The van der Waals surface area contributed by atoms with Crippen molar-refractivity contribution < 1.29 is 15.1 Å². The number of alkyl halides is 1.